The van der Waals surface area contributed by atoms with E-state index in [9.17, 15) is 0 Å². The van der Waals surface area contributed by atoms with Crippen LogP contribution >= 0.6 is 0 Å². The SMILES string of the molecule is COC1CCN(CCn2cc(CNC(C)(C)C)nn2)C1. The van der Waals surface area contributed by atoms with Gasteiger partial charge >= 0.3 is 0 Å². The Labute approximate surface area is 121 Å². The standard InChI is InChI=1S/C14H27N5O/c1-14(2,3)15-9-12-10-19(17-16-12)8-7-18-6-5-13(11-18)20-4/h10,13,15H,5-9,11H2,1-4H3. The molecular weight excluding hydrogens is 254 g/mol. The molecule has 6 nitrogen and oxygen atoms in total. The number of hydrogen-bond donors (Lipinski definition) is 1. The van der Waals surface area contributed by atoms with Gasteiger partial charge in [0.05, 0.1) is 18.3 Å². The zero-order valence-corrected chi connectivity index (χ0v) is 13.1. The molecule has 0 radical (unpaired) electrons. The minimum atomic E-state index is 0.106. The highest BCUT2D eigenvalue weighted by Gasteiger charge is 2.21. The van der Waals surface area contributed by atoms with Crippen LogP contribution in [0.3, 0.4) is 0 Å². The lowest BCUT2D eigenvalue weighted by atomic mass is 10.1. The van der Waals surface area contributed by atoms with Crippen molar-refractivity contribution >= 4 is 0 Å². The first-order chi connectivity index (χ1) is 9.46. The molecule has 1 aliphatic heterocycles. The van der Waals surface area contributed by atoms with Gasteiger partial charge in [0.25, 0.3) is 0 Å². The molecule has 1 aliphatic rings. The second kappa shape index (κ2) is 6.65. The van der Waals surface area contributed by atoms with Crippen LogP contribution in [0.4, 0.5) is 0 Å². The highest BCUT2D eigenvalue weighted by Crippen LogP contribution is 2.11. The number of nitrogens with zero attached hydrogens (tertiary/aromatic N) is 4. The fraction of sp³-hybridized carbons (Fsp3) is 0.857. The molecular formula is C14H27N5O. The number of aromatic nitrogens is 3. The molecule has 114 valence electrons. The highest BCUT2D eigenvalue weighted by atomic mass is 16.5. The molecule has 0 aliphatic carbocycles. The summed E-state index contributed by atoms with van der Waals surface area (Å²) in [7, 11) is 1.79. The number of hydrogen-bond acceptors (Lipinski definition) is 5. The van der Waals surface area contributed by atoms with E-state index in [1.807, 2.05) is 10.9 Å². The maximum Gasteiger partial charge on any atom is 0.0965 e. The predicted molar refractivity (Wildman–Crippen MR) is 78.5 cm³/mol. The van der Waals surface area contributed by atoms with E-state index in [-0.39, 0.29) is 5.54 Å². The summed E-state index contributed by atoms with van der Waals surface area (Å²) < 4.78 is 7.31. The van der Waals surface area contributed by atoms with Gasteiger partial charge in [0, 0.05) is 45.0 Å². The van der Waals surface area contributed by atoms with Crippen molar-refractivity contribution in [1.29, 1.82) is 0 Å². The maximum absolute atomic E-state index is 5.38. The van der Waals surface area contributed by atoms with Gasteiger partial charge in [0.2, 0.25) is 0 Å². The molecule has 6 heteroatoms. The second-order valence-corrected chi connectivity index (χ2v) is 6.52. The van der Waals surface area contributed by atoms with E-state index in [0.717, 1.165) is 44.8 Å². The van der Waals surface area contributed by atoms with Crippen molar-refractivity contribution in [1.82, 2.24) is 25.2 Å². The lowest BCUT2D eigenvalue weighted by Crippen LogP contribution is -2.35. The largest absolute Gasteiger partial charge is 0.380 e. The Hall–Kier alpha value is -0.980. The van der Waals surface area contributed by atoms with Crippen LogP contribution in [0, 0.1) is 0 Å². The molecule has 2 heterocycles. The van der Waals surface area contributed by atoms with E-state index in [4.69, 9.17) is 4.74 Å². The summed E-state index contributed by atoms with van der Waals surface area (Å²) in [5.41, 5.74) is 1.10. The third-order valence-electron chi connectivity index (χ3n) is 3.59. The second-order valence-electron chi connectivity index (χ2n) is 6.52. The average molecular weight is 281 g/mol. The van der Waals surface area contributed by atoms with Crippen molar-refractivity contribution in [3.63, 3.8) is 0 Å². The molecule has 0 amide bonds. The van der Waals surface area contributed by atoms with E-state index in [1.165, 1.54) is 0 Å². The van der Waals surface area contributed by atoms with E-state index >= 15 is 0 Å². The van der Waals surface area contributed by atoms with Crippen LogP contribution in [-0.4, -0.2) is 58.3 Å². The average Bonchev–Trinajstić information content (AvgIpc) is 3.02. The zero-order valence-electron chi connectivity index (χ0n) is 13.1. The normalized spacial score (nSPS) is 20.7. The number of nitrogens with one attached hydrogen (secondary N) is 1. The first kappa shape index (κ1) is 15.4. The Morgan fingerprint density at radius 3 is 2.85 bits per heavy atom. The molecule has 1 N–H and O–H groups in total. The van der Waals surface area contributed by atoms with Gasteiger partial charge in [-0.25, -0.2) is 0 Å². The first-order valence-electron chi connectivity index (χ1n) is 7.35. The van der Waals surface area contributed by atoms with Crippen LogP contribution in [0.25, 0.3) is 0 Å². The molecule has 1 atom stereocenters. The van der Waals surface area contributed by atoms with Gasteiger partial charge in [-0.15, -0.1) is 5.10 Å². The van der Waals surface area contributed by atoms with Gasteiger partial charge in [0.15, 0.2) is 0 Å². The molecule has 0 spiro atoms. The zero-order chi connectivity index (χ0) is 14.6. The molecule has 1 aromatic heterocycles. The fourth-order valence-electron chi connectivity index (χ4n) is 2.32. The third kappa shape index (κ3) is 4.85. The first-order valence-corrected chi connectivity index (χ1v) is 7.35. The van der Waals surface area contributed by atoms with Crippen LogP contribution in [0.1, 0.15) is 32.9 Å². The summed E-state index contributed by atoms with van der Waals surface area (Å²) in [6, 6.07) is 0. The highest BCUT2D eigenvalue weighted by molar-refractivity contribution is 4.93. The van der Waals surface area contributed by atoms with Gasteiger partial charge in [-0.2, -0.15) is 0 Å². The summed E-state index contributed by atoms with van der Waals surface area (Å²) in [6.45, 7) is 11.3. The molecule has 1 aromatic rings. The fourth-order valence-corrected chi connectivity index (χ4v) is 2.32. The van der Waals surface area contributed by atoms with Crippen LogP contribution in [-0.2, 0) is 17.8 Å². The Morgan fingerprint density at radius 2 is 2.20 bits per heavy atom. The number of rotatable bonds is 6. The smallest absolute Gasteiger partial charge is 0.0965 e. The number of methoxy groups -OCH3 is 1. The molecule has 20 heavy (non-hydrogen) atoms. The summed E-state index contributed by atoms with van der Waals surface area (Å²) in [5.74, 6) is 0. The minimum Gasteiger partial charge on any atom is -0.380 e. The number of likely N-dealkylation sites (tertiary alicyclic amines) is 1. The van der Waals surface area contributed by atoms with Gasteiger partial charge in [0.1, 0.15) is 0 Å². The molecule has 1 unspecified atom stereocenters. The Morgan fingerprint density at radius 1 is 1.40 bits per heavy atom. The summed E-state index contributed by atoms with van der Waals surface area (Å²) >= 11 is 0. The lowest BCUT2D eigenvalue weighted by Gasteiger charge is -2.19. The van der Waals surface area contributed by atoms with Crippen molar-refractivity contribution in [2.45, 2.75) is 51.9 Å². The molecule has 2 rings (SSSR count). The lowest BCUT2D eigenvalue weighted by molar-refractivity contribution is 0.107. The minimum absolute atomic E-state index is 0.106. The van der Waals surface area contributed by atoms with Crippen molar-refractivity contribution in [3.05, 3.63) is 11.9 Å². The van der Waals surface area contributed by atoms with Crippen molar-refractivity contribution in [3.8, 4) is 0 Å². The van der Waals surface area contributed by atoms with Crippen LogP contribution in [0.2, 0.25) is 0 Å². The van der Waals surface area contributed by atoms with Crippen molar-refractivity contribution in [2.75, 3.05) is 26.7 Å². The molecule has 0 bridgehead atoms. The van der Waals surface area contributed by atoms with Gasteiger partial charge in [-0.05, 0) is 27.2 Å². The van der Waals surface area contributed by atoms with E-state index < -0.39 is 0 Å². The summed E-state index contributed by atoms with van der Waals surface area (Å²) in [5, 5.41) is 11.8. The van der Waals surface area contributed by atoms with Crippen molar-refractivity contribution < 1.29 is 4.74 Å². The topological polar surface area (TPSA) is 55.2 Å². The van der Waals surface area contributed by atoms with Gasteiger partial charge in [-0.1, -0.05) is 5.21 Å². The molecule has 1 saturated heterocycles. The Kier molecular flexibility index (Phi) is 5.12. The van der Waals surface area contributed by atoms with Crippen molar-refractivity contribution in [2.24, 2.45) is 0 Å². The summed E-state index contributed by atoms with van der Waals surface area (Å²) in [4.78, 5) is 2.42. The maximum atomic E-state index is 5.38. The summed E-state index contributed by atoms with van der Waals surface area (Å²) in [6.07, 6.45) is 3.56. The Balaban J connectivity index is 1.73. The quantitative estimate of drug-likeness (QED) is 0.839. The van der Waals surface area contributed by atoms with Crippen LogP contribution in [0.5, 0.6) is 0 Å². The van der Waals surface area contributed by atoms with Gasteiger partial charge in [-0.3, -0.25) is 9.58 Å². The molecule has 1 fully saturated rings. The van der Waals surface area contributed by atoms with Crippen LogP contribution in [0.15, 0.2) is 6.20 Å². The molecule has 0 aromatic carbocycles. The predicted octanol–water partition coefficient (Wildman–Crippen LogP) is 0.887. The van der Waals surface area contributed by atoms with E-state index in [0.29, 0.717) is 6.10 Å². The van der Waals surface area contributed by atoms with Crippen LogP contribution < -0.4 is 5.32 Å². The van der Waals surface area contributed by atoms with Gasteiger partial charge < -0.3 is 10.1 Å². The monoisotopic (exact) mass is 281 g/mol. The Bertz CT molecular complexity index is 412. The van der Waals surface area contributed by atoms with E-state index in [2.05, 4.69) is 41.3 Å². The third-order valence-corrected chi connectivity index (χ3v) is 3.59. The molecule has 0 saturated carbocycles. The number of ether oxygens (including phenoxy) is 1. The van der Waals surface area contributed by atoms with E-state index in [1.54, 1.807) is 7.11 Å².